The van der Waals surface area contributed by atoms with Crippen LogP contribution in [0.25, 0.3) is 0 Å². The lowest BCUT2D eigenvalue weighted by atomic mass is 9.81. The van der Waals surface area contributed by atoms with Crippen molar-refractivity contribution in [2.75, 3.05) is 11.1 Å². The molecule has 8 heteroatoms. The fourth-order valence-corrected chi connectivity index (χ4v) is 3.58. The van der Waals surface area contributed by atoms with Crippen molar-refractivity contribution >= 4 is 35.2 Å². The van der Waals surface area contributed by atoms with Crippen LogP contribution in [0.5, 0.6) is 0 Å². The van der Waals surface area contributed by atoms with Gasteiger partial charge in [-0.15, -0.1) is 11.8 Å². The number of aliphatic carboxylic acids is 1. The van der Waals surface area contributed by atoms with Crippen molar-refractivity contribution in [1.82, 2.24) is 5.32 Å². The first kappa shape index (κ1) is 20.2. The molecule has 6 nitrogen and oxygen atoms in total. The average molecular weight is 382 g/mol. The molecule has 142 valence electrons. The maximum atomic E-state index is 12.8. The van der Waals surface area contributed by atoms with Gasteiger partial charge in [-0.25, -0.2) is 9.18 Å². The molecule has 2 rings (SSSR count). The van der Waals surface area contributed by atoms with Crippen LogP contribution >= 0.6 is 11.8 Å². The molecule has 3 N–H and O–H groups in total. The highest BCUT2D eigenvalue weighted by Gasteiger charge is 2.41. The normalized spacial score (nSPS) is 17.2. The summed E-state index contributed by atoms with van der Waals surface area (Å²) in [6.45, 7) is 1.64. The number of anilines is 1. The van der Waals surface area contributed by atoms with Crippen molar-refractivity contribution in [3.63, 3.8) is 0 Å². The van der Waals surface area contributed by atoms with E-state index in [2.05, 4.69) is 10.6 Å². The molecule has 0 aromatic heterocycles. The van der Waals surface area contributed by atoms with E-state index < -0.39 is 22.6 Å². The van der Waals surface area contributed by atoms with Crippen molar-refractivity contribution in [2.24, 2.45) is 0 Å². The minimum atomic E-state index is -1.19. The number of amides is 2. The van der Waals surface area contributed by atoms with E-state index in [1.54, 1.807) is 6.92 Å². The van der Waals surface area contributed by atoms with E-state index in [1.807, 2.05) is 0 Å². The first-order chi connectivity index (χ1) is 12.3. The summed E-state index contributed by atoms with van der Waals surface area (Å²) in [5.41, 5.74) is -0.721. The molecule has 0 radical (unpaired) electrons. The summed E-state index contributed by atoms with van der Waals surface area (Å²) in [6, 6.07) is 5.39. The molecular weight excluding hydrogens is 359 g/mol. The third-order valence-corrected chi connectivity index (χ3v) is 5.58. The van der Waals surface area contributed by atoms with Gasteiger partial charge in [-0.05, 0) is 44.0 Å². The molecule has 26 heavy (non-hydrogen) atoms. The van der Waals surface area contributed by atoms with E-state index in [1.165, 1.54) is 24.3 Å². The van der Waals surface area contributed by atoms with E-state index in [4.69, 9.17) is 0 Å². The fourth-order valence-electron chi connectivity index (χ4n) is 2.89. The number of carboxylic acids is 1. The van der Waals surface area contributed by atoms with Crippen LogP contribution < -0.4 is 10.6 Å². The van der Waals surface area contributed by atoms with Crippen molar-refractivity contribution in [2.45, 2.75) is 49.8 Å². The molecule has 0 saturated heterocycles. The number of hydrogen-bond donors (Lipinski definition) is 3. The smallest absolute Gasteiger partial charge is 0.329 e. The van der Waals surface area contributed by atoms with Crippen molar-refractivity contribution in [3.8, 4) is 0 Å². The van der Waals surface area contributed by atoms with Gasteiger partial charge in [0.05, 0.1) is 11.0 Å². The molecule has 1 saturated carbocycles. The Morgan fingerprint density at radius 2 is 1.81 bits per heavy atom. The first-order valence-corrected chi connectivity index (χ1v) is 9.60. The highest BCUT2D eigenvalue weighted by Crippen LogP contribution is 2.29. The summed E-state index contributed by atoms with van der Waals surface area (Å²) >= 11 is 1.12. The van der Waals surface area contributed by atoms with Crippen LogP contribution in [-0.2, 0) is 14.4 Å². The number of carbonyl (C=O) groups excluding carboxylic acids is 2. The number of benzene rings is 1. The van der Waals surface area contributed by atoms with Gasteiger partial charge >= 0.3 is 5.97 Å². The number of nitrogens with one attached hydrogen (secondary N) is 2. The monoisotopic (exact) mass is 382 g/mol. The van der Waals surface area contributed by atoms with Crippen LogP contribution in [0.3, 0.4) is 0 Å². The topological polar surface area (TPSA) is 95.5 Å². The Morgan fingerprint density at radius 3 is 2.38 bits per heavy atom. The van der Waals surface area contributed by atoms with Gasteiger partial charge in [0.25, 0.3) is 0 Å². The van der Waals surface area contributed by atoms with Gasteiger partial charge < -0.3 is 15.7 Å². The fraction of sp³-hybridized carbons (Fsp3) is 0.500. The number of carbonyl (C=O) groups is 3. The van der Waals surface area contributed by atoms with Gasteiger partial charge in [0.2, 0.25) is 11.8 Å². The summed E-state index contributed by atoms with van der Waals surface area (Å²) in [6.07, 6.45) is 3.37. The second kappa shape index (κ2) is 9.02. The van der Waals surface area contributed by atoms with Gasteiger partial charge in [-0.2, -0.15) is 0 Å². The molecule has 1 fully saturated rings. The number of thioether (sulfide) groups is 1. The zero-order valence-electron chi connectivity index (χ0n) is 14.6. The summed E-state index contributed by atoms with van der Waals surface area (Å²) in [5.74, 6) is -2.05. The maximum absolute atomic E-state index is 12.8. The summed E-state index contributed by atoms with van der Waals surface area (Å²) in [7, 11) is 0. The minimum absolute atomic E-state index is 0.0338. The molecule has 1 aromatic carbocycles. The van der Waals surface area contributed by atoms with Crippen molar-refractivity contribution in [1.29, 1.82) is 0 Å². The van der Waals surface area contributed by atoms with E-state index >= 15 is 0 Å². The van der Waals surface area contributed by atoms with Crippen LogP contribution in [0, 0.1) is 5.82 Å². The Balaban J connectivity index is 1.83. The van der Waals surface area contributed by atoms with Gasteiger partial charge in [-0.3, -0.25) is 9.59 Å². The lowest BCUT2D eigenvalue weighted by molar-refractivity contribution is -0.149. The third kappa shape index (κ3) is 5.45. The largest absolute Gasteiger partial charge is 0.480 e. The third-order valence-electron chi connectivity index (χ3n) is 4.44. The molecule has 0 aliphatic heterocycles. The molecule has 1 aliphatic rings. The van der Waals surface area contributed by atoms with Crippen molar-refractivity contribution in [3.05, 3.63) is 30.1 Å². The molecular formula is C18H23FN2O4S. The number of hydrogen-bond acceptors (Lipinski definition) is 4. The molecule has 0 bridgehead atoms. The maximum Gasteiger partial charge on any atom is 0.329 e. The quantitative estimate of drug-likeness (QED) is 0.674. The first-order valence-electron chi connectivity index (χ1n) is 8.55. The van der Waals surface area contributed by atoms with Gasteiger partial charge in [0, 0.05) is 5.69 Å². The molecule has 1 atom stereocenters. The van der Waals surface area contributed by atoms with Crippen LogP contribution in [0.2, 0.25) is 0 Å². The second-order valence-corrected chi connectivity index (χ2v) is 7.77. The number of halogens is 1. The van der Waals surface area contributed by atoms with E-state index in [-0.39, 0.29) is 17.6 Å². The summed E-state index contributed by atoms with van der Waals surface area (Å²) < 4.78 is 12.8. The molecule has 1 unspecified atom stereocenters. The average Bonchev–Trinajstić information content (AvgIpc) is 2.62. The van der Waals surface area contributed by atoms with E-state index in [0.29, 0.717) is 18.5 Å². The van der Waals surface area contributed by atoms with Gasteiger partial charge in [0.1, 0.15) is 11.4 Å². The van der Waals surface area contributed by atoms with Crippen molar-refractivity contribution < 1.29 is 23.9 Å². The second-order valence-electron chi connectivity index (χ2n) is 6.45. The highest BCUT2D eigenvalue weighted by molar-refractivity contribution is 8.01. The molecule has 1 aromatic rings. The standard InChI is InChI=1S/C18H23FN2O4S/c1-12(16(23)21-18(17(24)25)9-3-2-4-10-18)26-11-15(22)20-14-7-5-13(19)6-8-14/h5-8,12H,2-4,9-11H2,1H3,(H,20,22)(H,21,23)(H,24,25). The minimum Gasteiger partial charge on any atom is -0.480 e. The van der Waals surface area contributed by atoms with E-state index in [0.717, 1.165) is 31.0 Å². The van der Waals surface area contributed by atoms with Gasteiger partial charge in [0.15, 0.2) is 0 Å². The predicted molar refractivity (Wildman–Crippen MR) is 98.5 cm³/mol. The predicted octanol–water partition coefficient (Wildman–Crippen LogP) is 2.79. The van der Waals surface area contributed by atoms with Crippen LogP contribution in [-0.4, -0.2) is 39.4 Å². The Labute approximate surface area is 155 Å². The molecule has 0 spiro atoms. The Hall–Kier alpha value is -2.09. The highest BCUT2D eigenvalue weighted by atomic mass is 32.2. The van der Waals surface area contributed by atoms with E-state index in [9.17, 15) is 23.9 Å². The van der Waals surface area contributed by atoms with Gasteiger partial charge in [-0.1, -0.05) is 19.3 Å². The zero-order valence-corrected chi connectivity index (χ0v) is 15.4. The Kier molecular flexibility index (Phi) is 7.02. The van der Waals surface area contributed by atoms with Crippen LogP contribution in [0.1, 0.15) is 39.0 Å². The Morgan fingerprint density at radius 1 is 1.19 bits per heavy atom. The lowest BCUT2D eigenvalue weighted by Gasteiger charge is -2.34. The van der Waals surface area contributed by atoms with Crippen LogP contribution in [0.15, 0.2) is 24.3 Å². The van der Waals surface area contributed by atoms with Crippen LogP contribution in [0.4, 0.5) is 10.1 Å². The summed E-state index contributed by atoms with van der Waals surface area (Å²) in [5, 5.41) is 14.2. The zero-order chi connectivity index (χ0) is 19.2. The Bertz CT molecular complexity index is 660. The molecule has 2 amide bonds. The lowest BCUT2D eigenvalue weighted by Crippen LogP contribution is -2.57. The molecule has 1 aliphatic carbocycles. The molecule has 0 heterocycles. The number of carboxylic acid groups (broad SMARTS) is 1. The number of rotatable bonds is 7. The summed E-state index contributed by atoms with van der Waals surface area (Å²) in [4.78, 5) is 35.9. The SMILES string of the molecule is CC(SCC(=O)Nc1ccc(F)cc1)C(=O)NC1(C(=O)O)CCCCC1.